The number of benzene rings is 1. The van der Waals surface area contributed by atoms with Crippen molar-refractivity contribution in [1.82, 2.24) is 4.72 Å². The zero-order valence-corrected chi connectivity index (χ0v) is 13.1. The minimum atomic E-state index is -4.77. The molecule has 0 heterocycles. The lowest BCUT2D eigenvalue weighted by atomic mass is 10.2. The van der Waals surface area contributed by atoms with E-state index in [2.05, 4.69) is 11.7 Å². The third-order valence-electron chi connectivity index (χ3n) is 2.70. The molecule has 0 unspecified atom stereocenters. The Morgan fingerprint density at radius 3 is 1.86 bits per heavy atom. The Kier molecular flexibility index (Phi) is 5.31. The van der Waals surface area contributed by atoms with Crippen molar-refractivity contribution < 1.29 is 30.5 Å². The smallest absolute Gasteiger partial charge is 0.246 e. The quantitative estimate of drug-likeness (QED) is 0.369. The molecule has 0 amide bonds. The molecule has 0 aliphatic rings. The summed E-state index contributed by atoms with van der Waals surface area (Å²) >= 11 is 0. The standard InChI is InChI=1S/C12H16F4N3O2S/c1-17-11-7(13)9(15)12(10(16)8(11)14)22(20,21)18-5-6-19(2,3)4/h18H,1,5-6H2,2-4H3/q+1. The van der Waals surface area contributed by atoms with E-state index in [0.29, 0.717) is 11.0 Å². The predicted octanol–water partition coefficient (Wildman–Crippen LogP) is 1.56. The van der Waals surface area contributed by atoms with Crippen molar-refractivity contribution in [2.24, 2.45) is 4.99 Å². The normalized spacial score (nSPS) is 12.5. The largest absolute Gasteiger partial charge is 0.330 e. The van der Waals surface area contributed by atoms with E-state index in [0.717, 1.165) is 0 Å². The van der Waals surface area contributed by atoms with Gasteiger partial charge in [-0.2, -0.15) is 0 Å². The molecule has 5 nitrogen and oxygen atoms in total. The van der Waals surface area contributed by atoms with E-state index in [9.17, 15) is 26.0 Å². The molecule has 0 radical (unpaired) electrons. The van der Waals surface area contributed by atoms with Crippen LogP contribution in [-0.4, -0.2) is 53.9 Å². The summed E-state index contributed by atoms with van der Waals surface area (Å²) in [5.74, 6) is -7.92. The van der Waals surface area contributed by atoms with Gasteiger partial charge in [0.25, 0.3) is 0 Å². The number of nitrogens with one attached hydrogen (secondary N) is 1. The highest BCUT2D eigenvalue weighted by atomic mass is 32.2. The first-order valence-corrected chi connectivity index (χ1v) is 7.53. The molecule has 1 N–H and O–H groups in total. The summed E-state index contributed by atoms with van der Waals surface area (Å²) < 4.78 is 80.6. The molecule has 124 valence electrons. The van der Waals surface area contributed by atoms with Crippen LogP contribution in [0.1, 0.15) is 0 Å². The van der Waals surface area contributed by atoms with Crippen LogP contribution in [0.5, 0.6) is 0 Å². The molecule has 0 bridgehead atoms. The van der Waals surface area contributed by atoms with Crippen LogP contribution >= 0.6 is 0 Å². The van der Waals surface area contributed by atoms with E-state index in [-0.39, 0.29) is 6.54 Å². The van der Waals surface area contributed by atoms with E-state index < -0.39 is 43.9 Å². The van der Waals surface area contributed by atoms with E-state index in [4.69, 9.17) is 0 Å². The highest BCUT2D eigenvalue weighted by molar-refractivity contribution is 7.89. The van der Waals surface area contributed by atoms with Crippen LogP contribution in [-0.2, 0) is 10.0 Å². The maximum Gasteiger partial charge on any atom is 0.246 e. The van der Waals surface area contributed by atoms with Gasteiger partial charge in [0.15, 0.2) is 28.2 Å². The number of quaternary nitrogens is 1. The summed E-state index contributed by atoms with van der Waals surface area (Å²) in [5.41, 5.74) is -1.31. The number of nitrogens with zero attached hydrogens (tertiary/aromatic N) is 2. The molecule has 22 heavy (non-hydrogen) atoms. The van der Waals surface area contributed by atoms with Crippen LogP contribution in [0, 0.1) is 23.3 Å². The van der Waals surface area contributed by atoms with Gasteiger partial charge in [-0.25, -0.2) is 30.7 Å². The average Bonchev–Trinajstić information content (AvgIpc) is 2.35. The van der Waals surface area contributed by atoms with Gasteiger partial charge in [-0.05, 0) is 6.72 Å². The number of halogens is 4. The zero-order valence-electron chi connectivity index (χ0n) is 12.3. The van der Waals surface area contributed by atoms with Crippen molar-refractivity contribution in [3.05, 3.63) is 23.3 Å². The average molecular weight is 342 g/mol. The van der Waals surface area contributed by atoms with Crippen molar-refractivity contribution in [1.29, 1.82) is 0 Å². The number of likely N-dealkylation sites (N-methyl/N-ethyl adjacent to an activating group) is 1. The van der Waals surface area contributed by atoms with E-state index in [1.165, 1.54) is 0 Å². The Balaban J connectivity index is 3.29. The lowest BCUT2D eigenvalue weighted by Gasteiger charge is -2.23. The first-order valence-electron chi connectivity index (χ1n) is 6.05. The van der Waals surface area contributed by atoms with Gasteiger partial charge in [-0.15, -0.1) is 0 Å². The maximum absolute atomic E-state index is 13.8. The monoisotopic (exact) mass is 342 g/mol. The lowest BCUT2D eigenvalue weighted by Crippen LogP contribution is -2.42. The molecule has 0 saturated heterocycles. The number of sulfonamides is 1. The van der Waals surface area contributed by atoms with E-state index in [1.807, 2.05) is 4.72 Å². The zero-order chi connectivity index (χ0) is 17.3. The van der Waals surface area contributed by atoms with Crippen molar-refractivity contribution in [2.45, 2.75) is 4.90 Å². The van der Waals surface area contributed by atoms with Gasteiger partial charge in [0.1, 0.15) is 5.69 Å². The van der Waals surface area contributed by atoms with Gasteiger partial charge in [0.05, 0.1) is 34.2 Å². The number of hydrogen-bond donors (Lipinski definition) is 1. The molecule has 0 aliphatic heterocycles. The van der Waals surface area contributed by atoms with Crippen LogP contribution in [0.3, 0.4) is 0 Å². The Labute approximate surface area is 125 Å². The Morgan fingerprint density at radius 1 is 1.05 bits per heavy atom. The van der Waals surface area contributed by atoms with Gasteiger partial charge in [0.2, 0.25) is 10.0 Å². The summed E-state index contributed by atoms with van der Waals surface area (Å²) in [6.45, 7) is 2.89. The Hall–Kier alpha value is -1.52. The molecule has 1 aromatic carbocycles. The second-order valence-corrected chi connectivity index (χ2v) is 7.21. The third-order valence-corrected chi connectivity index (χ3v) is 4.18. The minimum absolute atomic E-state index is 0.171. The summed E-state index contributed by atoms with van der Waals surface area (Å²) in [7, 11) is 0.524. The summed E-state index contributed by atoms with van der Waals surface area (Å²) in [4.78, 5) is 1.10. The fraction of sp³-hybridized carbons (Fsp3) is 0.417. The van der Waals surface area contributed by atoms with Gasteiger partial charge in [-0.1, -0.05) is 0 Å². The molecular formula is C12H16F4N3O2S+. The molecule has 0 spiro atoms. The highest BCUT2D eigenvalue weighted by Crippen LogP contribution is 2.32. The topological polar surface area (TPSA) is 58.5 Å². The van der Waals surface area contributed by atoms with E-state index >= 15 is 0 Å². The first-order chi connectivity index (χ1) is 9.92. The summed E-state index contributed by atoms with van der Waals surface area (Å²) in [6, 6.07) is 0. The van der Waals surface area contributed by atoms with Crippen LogP contribution in [0.25, 0.3) is 0 Å². The predicted molar refractivity (Wildman–Crippen MR) is 73.6 cm³/mol. The molecule has 1 aromatic rings. The van der Waals surface area contributed by atoms with Gasteiger partial charge in [0, 0.05) is 0 Å². The van der Waals surface area contributed by atoms with Crippen LogP contribution in [0.15, 0.2) is 9.89 Å². The molecule has 0 atom stereocenters. The summed E-state index contributed by atoms with van der Waals surface area (Å²) in [5, 5.41) is 0. The molecule has 0 aromatic heterocycles. The number of rotatable bonds is 6. The first kappa shape index (κ1) is 18.5. The fourth-order valence-corrected chi connectivity index (χ4v) is 2.72. The number of aliphatic imine (C=N–C) groups is 1. The lowest BCUT2D eigenvalue weighted by molar-refractivity contribution is -0.869. The number of hydrogen-bond acceptors (Lipinski definition) is 3. The SMILES string of the molecule is C=Nc1c(F)c(F)c(S(=O)(=O)NCC[N+](C)(C)C)c(F)c1F. The fourth-order valence-electron chi connectivity index (χ4n) is 1.56. The Bertz CT molecular complexity index is 670. The second-order valence-electron chi connectivity index (χ2n) is 5.50. The third kappa shape index (κ3) is 3.81. The second kappa shape index (κ2) is 6.31. The van der Waals surface area contributed by atoms with Crippen LogP contribution in [0.4, 0.5) is 23.2 Å². The summed E-state index contributed by atoms with van der Waals surface area (Å²) in [6.07, 6.45) is 0. The Morgan fingerprint density at radius 2 is 1.50 bits per heavy atom. The van der Waals surface area contributed by atoms with Gasteiger partial charge in [-0.3, -0.25) is 4.99 Å². The van der Waals surface area contributed by atoms with Crippen molar-refractivity contribution in [2.75, 3.05) is 34.2 Å². The molecular weight excluding hydrogens is 326 g/mol. The molecule has 10 heteroatoms. The minimum Gasteiger partial charge on any atom is -0.330 e. The molecule has 0 aliphatic carbocycles. The highest BCUT2D eigenvalue weighted by Gasteiger charge is 2.33. The molecule has 0 saturated carbocycles. The van der Waals surface area contributed by atoms with Crippen molar-refractivity contribution >= 4 is 22.4 Å². The van der Waals surface area contributed by atoms with E-state index in [1.54, 1.807) is 21.1 Å². The van der Waals surface area contributed by atoms with Gasteiger partial charge >= 0.3 is 0 Å². The van der Waals surface area contributed by atoms with Crippen LogP contribution < -0.4 is 4.72 Å². The van der Waals surface area contributed by atoms with Crippen LogP contribution in [0.2, 0.25) is 0 Å². The van der Waals surface area contributed by atoms with Crippen molar-refractivity contribution in [3.63, 3.8) is 0 Å². The van der Waals surface area contributed by atoms with Crippen molar-refractivity contribution in [3.8, 4) is 0 Å². The molecule has 0 fully saturated rings. The van der Waals surface area contributed by atoms with Gasteiger partial charge < -0.3 is 4.48 Å². The maximum atomic E-state index is 13.8. The molecule has 1 rings (SSSR count).